The van der Waals surface area contributed by atoms with Gasteiger partial charge in [0.25, 0.3) is 0 Å². The predicted octanol–water partition coefficient (Wildman–Crippen LogP) is 2.73. The van der Waals surface area contributed by atoms with Gasteiger partial charge < -0.3 is 29.7 Å². The normalized spacial score (nSPS) is 18.6. The van der Waals surface area contributed by atoms with E-state index < -0.39 is 12.0 Å². The lowest BCUT2D eigenvalue weighted by Crippen LogP contribution is -2.51. The van der Waals surface area contributed by atoms with Crippen molar-refractivity contribution in [2.45, 2.75) is 39.7 Å². The standard InChI is InChI=1S/C27H41N5O6/c1-6-12-28-26(34)31-14-9-13-30(15-16-31)18-20-23(25(33)38-8-3)24(29-27(35)32(20)7-2)19-10-11-21(36-4)22(17-19)37-5/h10-11,17,24H,6-9,12-16,18H2,1-5H3,(H,28,34)(H,29,35)/t24-/m0/s1. The monoisotopic (exact) mass is 531 g/mol. The Hall–Kier alpha value is -3.47. The Morgan fingerprint density at radius 2 is 1.82 bits per heavy atom. The van der Waals surface area contributed by atoms with E-state index in [0.29, 0.717) is 67.6 Å². The molecule has 1 atom stereocenters. The highest BCUT2D eigenvalue weighted by Crippen LogP contribution is 2.36. The second-order valence-electron chi connectivity index (χ2n) is 9.17. The van der Waals surface area contributed by atoms with E-state index in [1.807, 2.05) is 24.8 Å². The number of urea groups is 2. The van der Waals surface area contributed by atoms with Crippen LogP contribution in [0.1, 0.15) is 45.2 Å². The topological polar surface area (TPSA) is 113 Å². The van der Waals surface area contributed by atoms with Crippen LogP contribution in [-0.4, -0.2) is 99.4 Å². The van der Waals surface area contributed by atoms with E-state index in [-0.39, 0.29) is 18.7 Å². The largest absolute Gasteiger partial charge is 0.493 e. The van der Waals surface area contributed by atoms with Gasteiger partial charge in [-0.25, -0.2) is 14.4 Å². The lowest BCUT2D eigenvalue weighted by atomic mass is 9.93. The van der Waals surface area contributed by atoms with Gasteiger partial charge in [0, 0.05) is 51.5 Å². The number of methoxy groups -OCH3 is 2. The van der Waals surface area contributed by atoms with Crippen LogP contribution in [0.3, 0.4) is 0 Å². The molecule has 0 spiro atoms. The molecule has 3 rings (SSSR count). The molecule has 2 aliphatic heterocycles. The Morgan fingerprint density at radius 3 is 2.47 bits per heavy atom. The Bertz CT molecular complexity index is 1030. The molecule has 1 aromatic carbocycles. The van der Waals surface area contributed by atoms with Crippen molar-refractivity contribution < 1.29 is 28.6 Å². The number of ether oxygens (including phenoxy) is 3. The SMILES string of the molecule is CCCNC(=O)N1CCCN(CC2=C(C(=O)OCC)[C@H](c3ccc(OC)c(OC)c3)NC(=O)N2CC)CC1. The minimum atomic E-state index is -0.720. The Balaban J connectivity index is 1.97. The molecule has 11 nitrogen and oxygen atoms in total. The molecule has 38 heavy (non-hydrogen) atoms. The number of nitrogens with zero attached hydrogens (tertiary/aromatic N) is 3. The summed E-state index contributed by atoms with van der Waals surface area (Å²) in [5.74, 6) is 0.569. The smallest absolute Gasteiger partial charge is 0.338 e. The van der Waals surface area contributed by atoms with E-state index in [0.717, 1.165) is 19.4 Å². The van der Waals surface area contributed by atoms with Crippen LogP contribution in [0.25, 0.3) is 0 Å². The molecule has 0 unspecified atom stereocenters. The lowest BCUT2D eigenvalue weighted by Gasteiger charge is -2.38. The summed E-state index contributed by atoms with van der Waals surface area (Å²) in [6.07, 6.45) is 1.67. The molecule has 2 aliphatic rings. The zero-order valence-electron chi connectivity index (χ0n) is 23.2. The first-order chi connectivity index (χ1) is 18.4. The summed E-state index contributed by atoms with van der Waals surface area (Å²) in [4.78, 5) is 44.8. The third kappa shape index (κ3) is 6.69. The summed E-state index contributed by atoms with van der Waals surface area (Å²) in [5.41, 5.74) is 1.68. The maximum absolute atomic E-state index is 13.4. The molecule has 2 N–H and O–H groups in total. The molecule has 0 radical (unpaired) electrons. The number of carbonyl (C=O) groups excluding carboxylic acids is 3. The van der Waals surface area contributed by atoms with Gasteiger partial charge in [0.05, 0.1) is 32.4 Å². The number of likely N-dealkylation sites (N-methyl/N-ethyl adjacent to an activating group) is 1. The molecule has 4 amide bonds. The van der Waals surface area contributed by atoms with E-state index >= 15 is 0 Å². The van der Waals surface area contributed by atoms with E-state index in [1.165, 1.54) is 0 Å². The van der Waals surface area contributed by atoms with Crippen molar-refractivity contribution >= 4 is 18.0 Å². The molecular weight excluding hydrogens is 490 g/mol. The minimum Gasteiger partial charge on any atom is -0.493 e. The molecule has 0 aromatic heterocycles. The molecule has 2 heterocycles. The van der Waals surface area contributed by atoms with E-state index in [1.54, 1.807) is 38.2 Å². The Kier molecular flexibility index (Phi) is 10.6. The highest BCUT2D eigenvalue weighted by molar-refractivity contribution is 5.95. The number of rotatable bonds is 10. The van der Waals surface area contributed by atoms with E-state index in [4.69, 9.17) is 14.2 Å². The van der Waals surface area contributed by atoms with Gasteiger partial charge in [-0.05, 0) is 44.4 Å². The molecule has 1 saturated heterocycles. The highest BCUT2D eigenvalue weighted by atomic mass is 16.5. The second kappa shape index (κ2) is 13.9. The molecule has 210 valence electrons. The van der Waals surface area contributed by atoms with Crippen molar-refractivity contribution in [2.75, 3.05) is 66.6 Å². The fourth-order valence-corrected chi connectivity index (χ4v) is 4.83. The van der Waals surface area contributed by atoms with Crippen molar-refractivity contribution in [1.82, 2.24) is 25.3 Å². The second-order valence-corrected chi connectivity index (χ2v) is 9.17. The summed E-state index contributed by atoms with van der Waals surface area (Å²) in [7, 11) is 3.09. The molecule has 1 aromatic rings. The van der Waals surface area contributed by atoms with Gasteiger partial charge in [-0.3, -0.25) is 9.80 Å². The number of hydrogen-bond donors (Lipinski definition) is 2. The van der Waals surface area contributed by atoms with Gasteiger partial charge in [-0.15, -0.1) is 0 Å². The average molecular weight is 532 g/mol. The van der Waals surface area contributed by atoms with E-state index in [9.17, 15) is 14.4 Å². The fourth-order valence-electron chi connectivity index (χ4n) is 4.83. The Labute approximate surface area is 225 Å². The van der Waals surface area contributed by atoms with Crippen LogP contribution >= 0.6 is 0 Å². The van der Waals surface area contributed by atoms with Crippen LogP contribution in [0.2, 0.25) is 0 Å². The fraction of sp³-hybridized carbons (Fsp3) is 0.593. The van der Waals surface area contributed by atoms with Crippen LogP contribution in [0.4, 0.5) is 9.59 Å². The number of benzene rings is 1. The molecule has 0 aliphatic carbocycles. The summed E-state index contributed by atoms with van der Waals surface area (Å²) in [6.45, 7) is 9.86. The summed E-state index contributed by atoms with van der Waals surface area (Å²) >= 11 is 0. The number of amides is 4. The number of nitrogens with one attached hydrogen (secondary N) is 2. The lowest BCUT2D eigenvalue weighted by molar-refractivity contribution is -0.139. The summed E-state index contributed by atoms with van der Waals surface area (Å²) in [6, 6.07) is 4.26. The number of carbonyl (C=O) groups is 3. The van der Waals surface area contributed by atoms with Crippen molar-refractivity contribution in [3.63, 3.8) is 0 Å². The van der Waals surface area contributed by atoms with Crippen LogP contribution in [-0.2, 0) is 9.53 Å². The van der Waals surface area contributed by atoms with Crippen molar-refractivity contribution in [3.05, 3.63) is 35.0 Å². The minimum absolute atomic E-state index is 0.0547. The highest BCUT2D eigenvalue weighted by Gasteiger charge is 2.38. The molecule has 0 saturated carbocycles. The number of esters is 1. The Morgan fingerprint density at radius 1 is 1.05 bits per heavy atom. The average Bonchev–Trinajstić information content (AvgIpc) is 3.16. The van der Waals surface area contributed by atoms with Gasteiger partial charge >= 0.3 is 18.0 Å². The molecule has 0 bridgehead atoms. The van der Waals surface area contributed by atoms with Gasteiger partial charge in [0.2, 0.25) is 0 Å². The van der Waals surface area contributed by atoms with Crippen LogP contribution in [0.5, 0.6) is 11.5 Å². The van der Waals surface area contributed by atoms with Gasteiger partial charge in [0.1, 0.15) is 0 Å². The van der Waals surface area contributed by atoms with Crippen LogP contribution in [0.15, 0.2) is 29.5 Å². The quantitative estimate of drug-likeness (QED) is 0.447. The first-order valence-corrected chi connectivity index (χ1v) is 13.3. The zero-order valence-corrected chi connectivity index (χ0v) is 23.2. The summed E-state index contributed by atoms with van der Waals surface area (Å²) < 4.78 is 16.3. The van der Waals surface area contributed by atoms with Crippen molar-refractivity contribution in [2.24, 2.45) is 0 Å². The maximum atomic E-state index is 13.4. The van der Waals surface area contributed by atoms with Gasteiger partial charge in [-0.1, -0.05) is 13.0 Å². The van der Waals surface area contributed by atoms with E-state index in [2.05, 4.69) is 15.5 Å². The summed E-state index contributed by atoms with van der Waals surface area (Å²) in [5, 5.41) is 5.93. The number of hydrogen-bond acceptors (Lipinski definition) is 7. The first kappa shape index (κ1) is 29.1. The maximum Gasteiger partial charge on any atom is 0.338 e. The molecule has 11 heteroatoms. The third-order valence-electron chi connectivity index (χ3n) is 6.77. The molecular formula is C27H41N5O6. The van der Waals surface area contributed by atoms with Crippen molar-refractivity contribution in [3.8, 4) is 11.5 Å². The van der Waals surface area contributed by atoms with Gasteiger partial charge in [0.15, 0.2) is 11.5 Å². The molecule has 1 fully saturated rings. The van der Waals surface area contributed by atoms with Crippen molar-refractivity contribution in [1.29, 1.82) is 0 Å². The zero-order chi connectivity index (χ0) is 27.7. The predicted molar refractivity (Wildman–Crippen MR) is 143 cm³/mol. The van der Waals surface area contributed by atoms with Crippen LogP contribution in [0, 0.1) is 0 Å². The van der Waals surface area contributed by atoms with Crippen LogP contribution < -0.4 is 20.1 Å². The van der Waals surface area contributed by atoms with Gasteiger partial charge in [-0.2, -0.15) is 0 Å². The first-order valence-electron chi connectivity index (χ1n) is 13.3. The third-order valence-corrected chi connectivity index (χ3v) is 6.77.